The van der Waals surface area contributed by atoms with Gasteiger partial charge in [0.25, 0.3) is 5.91 Å². The molecule has 3 amide bonds. The number of nitrogens with one attached hydrogen (secondary N) is 1. The van der Waals surface area contributed by atoms with Crippen LogP contribution in [0, 0.1) is 0 Å². The van der Waals surface area contributed by atoms with Crippen molar-refractivity contribution in [3.05, 3.63) is 64.7 Å². The average Bonchev–Trinajstić information content (AvgIpc) is 3.19. The van der Waals surface area contributed by atoms with Gasteiger partial charge in [0.05, 0.1) is 5.56 Å². The summed E-state index contributed by atoms with van der Waals surface area (Å²) in [4.78, 5) is 40.6. The highest BCUT2D eigenvalue weighted by Crippen LogP contribution is 2.41. The zero-order chi connectivity index (χ0) is 27.3. The molecule has 7 nitrogen and oxygen atoms in total. The summed E-state index contributed by atoms with van der Waals surface area (Å²) in [6.07, 6.45) is -0.120. The number of amides is 3. The largest absolute Gasteiger partial charge is 0.489 e. The normalized spacial score (nSPS) is 26.3. The van der Waals surface area contributed by atoms with Gasteiger partial charge < -0.3 is 9.64 Å². The SMILES string of the molecule is O=C1CCC(N2Cc3cc(O[C@@H]4CCCC[C@@H]4N4CC(c5ccccc5C(F)(F)F)C4)ccc3C2=O)C(=O)N1. The summed E-state index contributed by atoms with van der Waals surface area (Å²) in [5.41, 5.74) is 1.12. The number of hydrogen-bond acceptors (Lipinski definition) is 5. The molecule has 0 bridgehead atoms. The summed E-state index contributed by atoms with van der Waals surface area (Å²) in [7, 11) is 0. The van der Waals surface area contributed by atoms with E-state index in [4.69, 9.17) is 4.74 Å². The lowest BCUT2D eigenvalue weighted by atomic mass is 9.83. The van der Waals surface area contributed by atoms with Crippen LogP contribution in [0.3, 0.4) is 0 Å². The summed E-state index contributed by atoms with van der Waals surface area (Å²) in [5, 5.41) is 2.31. The lowest BCUT2D eigenvalue weighted by Crippen LogP contribution is -2.57. The number of carbonyl (C=O) groups excluding carboxylic acids is 3. The molecular formula is C29H30F3N3O4. The number of rotatable bonds is 5. The van der Waals surface area contributed by atoms with Crippen molar-refractivity contribution in [1.82, 2.24) is 15.1 Å². The van der Waals surface area contributed by atoms with E-state index in [1.165, 1.54) is 11.0 Å². The van der Waals surface area contributed by atoms with Gasteiger partial charge in [-0.05, 0) is 61.1 Å². The molecule has 3 fully saturated rings. The predicted molar refractivity (Wildman–Crippen MR) is 135 cm³/mol. The number of hydrogen-bond donors (Lipinski definition) is 1. The summed E-state index contributed by atoms with van der Waals surface area (Å²) in [5.74, 6) is -0.513. The van der Waals surface area contributed by atoms with Crippen LogP contribution in [0.2, 0.25) is 0 Å². The summed E-state index contributed by atoms with van der Waals surface area (Å²) in [6.45, 7) is 1.41. The van der Waals surface area contributed by atoms with E-state index in [1.807, 2.05) is 6.07 Å². The summed E-state index contributed by atoms with van der Waals surface area (Å²) in [6, 6.07) is 10.6. The van der Waals surface area contributed by atoms with Crippen LogP contribution >= 0.6 is 0 Å². The smallest absolute Gasteiger partial charge is 0.416 e. The van der Waals surface area contributed by atoms with Gasteiger partial charge in [0.1, 0.15) is 17.9 Å². The average molecular weight is 542 g/mol. The van der Waals surface area contributed by atoms with E-state index in [0.29, 0.717) is 36.4 Å². The number of benzene rings is 2. The number of halogens is 3. The van der Waals surface area contributed by atoms with Crippen molar-refractivity contribution in [2.75, 3.05) is 13.1 Å². The third kappa shape index (κ3) is 4.90. The Morgan fingerprint density at radius 3 is 2.49 bits per heavy atom. The molecule has 1 saturated carbocycles. The molecule has 206 valence electrons. The maximum atomic E-state index is 13.5. The Kier molecular flexibility index (Phi) is 6.61. The Bertz CT molecular complexity index is 1310. The highest BCUT2D eigenvalue weighted by molar-refractivity contribution is 6.05. The molecule has 3 aliphatic heterocycles. The standard InChI is InChI=1S/C29H30F3N3O4/c30-29(31,32)22-6-2-1-5-20(22)18-14-34(15-18)23-7-3-4-8-25(23)39-19-9-10-21-17(13-19)16-35(28(21)38)24-11-12-26(36)33-27(24)37/h1-2,5-6,9-10,13,18,23-25H,3-4,7-8,11-12,14-16H2,(H,33,36,37)/t23-,24?,25+/m0/s1. The molecule has 2 saturated heterocycles. The number of piperidine rings is 1. The second-order valence-electron chi connectivity index (χ2n) is 11.0. The van der Waals surface area contributed by atoms with Crippen molar-refractivity contribution in [2.45, 2.75) is 75.4 Å². The zero-order valence-electron chi connectivity index (χ0n) is 21.4. The van der Waals surface area contributed by atoms with Gasteiger partial charge in [0, 0.05) is 43.6 Å². The van der Waals surface area contributed by atoms with E-state index in [-0.39, 0.29) is 42.8 Å². The molecule has 39 heavy (non-hydrogen) atoms. The molecule has 0 aromatic heterocycles. The van der Waals surface area contributed by atoms with E-state index in [0.717, 1.165) is 37.3 Å². The molecule has 2 aromatic carbocycles. The van der Waals surface area contributed by atoms with Gasteiger partial charge in [0.2, 0.25) is 11.8 Å². The van der Waals surface area contributed by atoms with E-state index < -0.39 is 23.7 Å². The van der Waals surface area contributed by atoms with Gasteiger partial charge in [-0.1, -0.05) is 24.6 Å². The van der Waals surface area contributed by atoms with Gasteiger partial charge in [-0.3, -0.25) is 24.6 Å². The van der Waals surface area contributed by atoms with Crippen LogP contribution in [-0.4, -0.2) is 58.8 Å². The molecular weight excluding hydrogens is 511 g/mol. The van der Waals surface area contributed by atoms with E-state index >= 15 is 0 Å². The molecule has 3 heterocycles. The van der Waals surface area contributed by atoms with Crippen molar-refractivity contribution >= 4 is 17.7 Å². The maximum absolute atomic E-state index is 13.5. The third-order valence-corrected chi connectivity index (χ3v) is 8.53. The quantitative estimate of drug-likeness (QED) is 0.573. The Morgan fingerprint density at radius 2 is 1.72 bits per heavy atom. The van der Waals surface area contributed by atoms with Crippen LogP contribution in [0.1, 0.15) is 71.5 Å². The molecule has 3 atom stereocenters. The fourth-order valence-corrected chi connectivity index (χ4v) is 6.52. The fraction of sp³-hybridized carbons (Fsp3) is 0.483. The topological polar surface area (TPSA) is 79.0 Å². The molecule has 1 unspecified atom stereocenters. The first-order valence-electron chi connectivity index (χ1n) is 13.5. The maximum Gasteiger partial charge on any atom is 0.416 e. The molecule has 6 rings (SSSR count). The highest BCUT2D eigenvalue weighted by Gasteiger charge is 2.43. The minimum Gasteiger partial charge on any atom is -0.489 e. The van der Waals surface area contributed by atoms with Gasteiger partial charge in [0.15, 0.2) is 0 Å². The molecule has 0 spiro atoms. The predicted octanol–water partition coefficient (Wildman–Crippen LogP) is 4.26. The first-order valence-corrected chi connectivity index (χ1v) is 13.5. The van der Waals surface area contributed by atoms with Crippen molar-refractivity contribution in [3.63, 3.8) is 0 Å². The van der Waals surface area contributed by atoms with Gasteiger partial charge in [-0.15, -0.1) is 0 Å². The monoisotopic (exact) mass is 541 g/mol. The Labute approximate surface area is 224 Å². The van der Waals surface area contributed by atoms with Crippen molar-refractivity contribution in [3.8, 4) is 5.75 Å². The van der Waals surface area contributed by atoms with Crippen LogP contribution in [-0.2, 0) is 22.3 Å². The Balaban J connectivity index is 1.12. The van der Waals surface area contributed by atoms with Crippen molar-refractivity contribution in [2.24, 2.45) is 0 Å². The van der Waals surface area contributed by atoms with Crippen molar-refractivity contribution in [1.29, 1.82) is 0 Å². The van der Waals surface area contributed by atoms with Gasteiger partial charge in [-0.25, -0.2) is 0 Å². The molecule has 2 aromatic rings. The Morgan fingerprint density at radius 1 is 0.949 bits per heavy atom. The second kappa shape index (κ2) is 9.97. The van der Waals surface area contributed by atoms with Crippen LogP contribution in [0.25, 0.3) is 0 Å². The summed E-state index contributed by atoms with van der Waals surface area (Å²) < 4.78 is 47.0. The molecule has 1 aliphatic carbocycles. The number of likely N-dealkylation sites (tertiary alicyclic amines) is 1. The van der Waals surface area contributed by atoms with Crippen LogP contribution in [0.5, 0.6) is 5.75 Å². The molecule has 10 heteroatoms. The van der Waals surface area contributed by atoms with Crippen LogP contribution < -0.4 is 10.1 Å². The fourth-order valence-electron chi connectivity index (χ4n) is 6.52. The molecule has 0 radical (unpaired) electrons. The number of nitrogens with zero attached hydrogens (tertiary/aromatic N) is 2. The number of imide groups is 1. The third-order valence-electron chi connectivity index (χ3n) is 8.53. The number of alkyl halides is 3. The van der Waals surface area contributed by atoms with Gasteiger partial charge >= 0.3 is 6.18 Å². The Hall–Kier alpha value is -3.40. The minimum atomic E-state index is -4.36. The lowest BCUT2D eigenvalue weighted by molar-refractivity contribution is -0.139. The number of ether oxygens (including phenoxy) is 1. The van der Waals surface area contributed by atoms with Crippen LogP contribution in [0.15, 0.2) is 42.5 Å². The summed E-state index contributed by atoms with van der Waals surface area (Å²) >= 11 is 0. The first-order chi connectivity index (χ1) is 18.7. The highest BCUT2D eigenvalue weighted by atomic mass is 19.4. The first kappa shape index (κ1) is 25.9. The number of fused-ring (bicyclic) bond motifs is 1. The lowest BCUT2D eigenvalue weighted by Gasteiger charge is -2.49. The second-order valence-corrected chi connectivity index (χ2v) is 11.0. The van der Waals surface area contributed by atoms with E-state index in [9.17, 15) is 27.6 Å². The zero-order valence-corrected chi connectivity index (χ0v) is 21.4. The van der Waals surface area contributed by atoms with E-state index in [1.54, 1.807) is 24.3 Å². The van der Waals surface area contributed by atoms with Crippen molar-refractivity contribution < 1.29 is 32.3 Å². The van der Waals surface area contributed by atoms with Crippen LogP contribution in [0.4, 0.5) is 13.2 Å². The minimum absolute atomic E-state index is 0.0982. The molecule has 1 N–H and O–H groups in total. The molecule has 4 aliphatic rings. The van der Waals surface area contributed by atoms with Gasteiger partial charge in [-0.2, -0.15) is 13.2 Å². The number of carbonyl (C=O) groups is 3. The van der Waals surface area contributed by atoms with E-state index in [2.05, 4.69) is 10.2 Å².